The number of carboxylic acid groups (broad SMARTS) is 1. The zero-order chi connectivity index (χ0) is 13.9. The van der Waals surface area contributed by atoms with E-state index in [1.54, 1.807) is 0 Å². The van der Waals surface area contributed by atoms with Gasteiger partial charge < -0.3 is 9.84 Å². The highest BCUT2D eigenvalue weighted by atomic mass is 16.5. The van der Waals surface area contributed by atoms with Crippen molar-refractivity contribution in [3.8, 4) is 0 Å². The van der Waals surface area contributed by atoms with Gasteiger partial charge in [0.25, 0.3) is 0 Å². The van der Waals surface area contributed by atoms with E-state index in [0.717, 1.165) is 6.54 Å². The maximum absolute atomic E-state index is 11.7. The summed E-state index contributed by atoms with van der Waals surface area (Å²) in [7, 11) is 0. The lowest BCUT2D eigenvalue weighted by Crippen LogP contribution is -2.48. The first-order chi connectivity index (χ1) is 9.03. The van der Waals surface area contributed by atoms with Crippen molar-refractivity contribution in [3.05, 3.63) is 0 Å². The van der Waals surface area contributed by atoms with E-state index in [-0.39, 0.29) is 0 Å². The number of nitrogens with zero attached hydrogens (tertiary/aromatic N) is 1. The molecule has 1 saturated heterocycles. The molecule has 19 heavy (non-hydrogen) atoms. The topological polar surface area (TPSA) is 49.8 Å². The van der Waals surface area contributed by atoms with Gasteiger partial charge in [0.1, 0.15) is 5.41 Å². The van der Waals surface area contributed by atoms with Crippen LogP contribution in [-0.2, 0) is 9.53 Å². The van der Waals surface area contributed by atoms with Crippen molar-refractivity contribution >= 4 is 5.97 Å². The highest BCUT2D eigenvalue weighted by Gasteiger charge is 2.45. The van der Waals surface area contributed by atoms with Gasteiger partial charge in [0.2, 0.25) is 0 Å². The molecule has 4 heteroatoms. The number of rotatable bonds is 6. The molecule has 2 fully saturated rings. The van der Waals surface area contributed by atoms with Crippen LogP contribution in [0.25, 0.3) is 0 Å². The quantitative estimate of drug-likeness (QED) is 0.804. The maximum atomic E-state index is 11.7. The zero-order valence-electron chi connectivity index (χ0n) is 12.2. The molecule has 2 rings (SSSR count). The van der Waals surface area contributed by atoms with Crippen molar-refractivity contribution in [2.24, 2.45) is 11.3 Å². The van der Waals surface area contributed by atoms with Crippen LogP contribution in [0.1, 0.15) is 46.0 Å². The third-order valence-corrected chi connectivity index (χ3v) is 4.50. The molecule has 1 atom stereocenters. The van der Waals surface area contributed by atoms with Gasteiger partial charge in [0, 0.05) is 25.7 Å². The molecule has 1 unspecified atom stereocenters. The van der Waals surface area contributed by atoms with Crippen molar-refractivity contribution in [3.63, 3.8) is 0 Å². The highest BCUT2D eigenvalue weighted by molar-refractivity contribution is 5.75. The number of hydrogen-bond donors (Lipinski definition) is 1. The van der Waals surface area contributed by atoms with Crippen LogP contribution in [0.15, 0.2) is 0 Å². The number of aliphatic carboxylic acids is 1. The SMILES string of the molecule is CC(C)CN(CC1(C(=O)O)CCOC1)C1CCCC1. The Labute approximate surface area is 116 Å². The average Bonchev–Trinajstić information content (AvgIpc) is 2.99. The van der Waals surface area contributed by atoms with Crippen LogP contribution in [0.4, 0.5) is 0 Å². The predicted octanol–water partition coefficient (Wildman–Crippen LogP) is 2.38. The van der Waals surface area contributed by atoms with Crippen molar-refractivity contribution < 1.29 is 14.6 Å². The molecule has 1 saturated carbocycles. The summed E-state index contributed by atoms with van der Waals surface area (Å²) in [6, 6.07) is 0.583. The first-order valence-corrected chi connectivity index (χ1v) is 7.59. The summed E-state index contributed by atoms with van der Waals surface area (Å²) in [5.74, 6) is -0.106. The molecule has 0 spiro atoms. The Bertz CT molecular complexity index is 305. The van der Waals surface area contributed by atoms with E-state index >= 15 is 0 Å². The summed E-state index contributed by atoms with van der Waals surface area (Å²) < 4.78 is 5.38. The van der Waals surface area contributed by atoms with Crippen molar-refractivity contribution in [1.29, 1.82) is 0 Å². The Morgan fingerprint density at radius 1 is 1.42 bits per heavy atom. The number of hydrogen-bond acceptors (Lipinski definition) is 3. The van der Waals surface area contributed by atoms with E-state index in [1.807, 2.05) is 0 Å². The fourth-order valence-corrected chi connectivity index (χ4v) is 3.44. The lowest BCUT2D eigenvalue weighted by Gasteiger charge is -2.36. The summed E-state index contributed by atoms with van der Waals surface area (Å²) in [4.78, 5) is 14.1. The van der Waals surface area contributed by atoms with Crippen molar-refractivity contribution in [1.82, 2.24) is 4.90 Å². The van der Waals surface area contributed by atoms with Crippen LogP contribution in [0, 0.1) is 11.3 Å². The minimum Gasteiger partial charge on any atom is -0.481 e. The van der Waals surface area contributed by atoms with Crippen LogP contribution in [-0.4, -0.2) is 48.3 Å². The van der Waals surface area contributed by atoms with Crippen LogP contribution in [0.3, 0.4) is 0 Å². The van der Waals surface area contributed by atoms with E-state index in [4.69, 9.17) is 4.74 Å². The second-order valence-electron chi connectivity index (χ2n) is 6.65. The van der Waals surface area contributed by atoms with Gasteiger partial charge in [-0.05, 0) is 25.2 Å². The molecule has 1 heterocycles. The minimum absolute atomic E-state index is 0.379. The molecule has 0 amide bonds. The lowest BCUT2D eigenvalue weighted by atomic mass is 9.86. The van der Waals surface area contributed by atoms with Crippen molar-refractivity contribution in [2.45, 2.75) is 52.0 Å². The summed E-state index contributed by atoms with van der Waals surface area (Å²) in [5, 5.41) is 9.58. The minimum atomic E-state index is -0.684. The van der Waals surface area contributed by atoms with Crippen LogP contribution in [0.2, 0.25) is 0 Å². The molecule has 4 nitrogen and oxygen atoms in total. The maximum Gasteiger partial charge on any atom is 0.313 e. The van der Waals surface area contributed by atoms with Gasteiger partial charge in [-0.1, -0.05) is 26.7 Å². The Morgan fingerprint density at radius 3 is 2.58 bits per heavy atom. The van der Waals surface area contributed by atoms with E-state index in [0.29, 0.717) is 38.1 Å². The average molecular weight is 269 g/mol. The molecule has 0 bridgehead atoms. The fourth-order valence-electron chi connectivity index (χ4n) is 3.44. The van der Waals surface area contributed by atoms with E-state index in [9.17, 15) is 9.90 Å². The normalized spacial score (nSPS) is 28.6. The largest absolute Gasteiger partial charge is 0.481 e. The standard InChI is InChI=1S/C15H27NO3/c1-12(2)9-16(13-5-3-4-6-13)10-15(14(17)18)7-8-19-11-15/h12-13H,3-11H2,1-2H3,(H,17,18). The van der Waals surface area contributed by atoms with E-state index in [1.165, 1.54) is 25.7 Å². The van der Waals surface area contributed by atoms with Gasteiger partial charge in [-0.25, -0.2) is 0 Å². The monoisotopic (exact) mass is 269 g/mol. The van der Waals surface area contributed by atoms with Gasteiger partial charge >= 0.3 is 5.97 Å². The van der Waals surface area contributed by atoms with Crippen LogP contribution in [0.5, 0.6) is 0 Å². The Morgan fingerprint density at radius 2 is 2.11 bits per heavy atom. The highest BCUT2D eigenvalue weighted by Crippen LogP contribution is 2.33. The third kappa shape index (κ3) is 3.48. The van der Waals surface area contributed by atoms with Crippen LogP contribution >= 0.6 is 0 Å². The Balaban J connectivity index is 2.06. The molecule has 110 valence electrons. The van der Waals surface area contributed by atoms with Gasteiger partial charge in [0.15, 0.2) is 0 Å². The molecule has 1 aliphatic heterocycles. The van der Waals surface area contributed by atoms with E-state index in [2.05, 4.69) is 18.7 Å². The van der Waals surface area contributed by atoms with Gasteiger partial charge in [0.05, 0.1) is 6.61 Å². The zero-order valence-corrected chi connectivity index (χ0v) is 12.2. The molecule has 0 radical (unpaired) electrons. The molecule has 1 N–H and O–H groups in total. The molecular weight excluding hydrogens is 242 g/mol. The van der Waals surface area contributed by atoms with Gasteiger partial charge in [-0.2, -0.15) is 0 Å². The number of ether oxygens (including phenoxy) is 1. The predicted molar refractivity (Wildman–Crippen MR) is 74.2 cm³/mol. The third-order valence-electron chi connectivity index (χ3n) is 4.50. The molecule has 0 aromatic heterocycles. The summed E-state index contributed by atoms with van der Waals surface area (Å²) in [5.41, 5.74) is -0.669. The van der Waals surface area contributed by atoms with Crippen LogP contribution < -0.4 is 0 Å². The summed E-state index contributed by atoms with van der Waals surface area (Å²) >= 11 is 0. The molecule has 1 aliphatic carbocycles. The van der Waals surface area contributed by atoms with Crippen molar-refractivity contribution in [2.75, 3.05) is 26.3 Å². The molecule has 0 aromatic rings. The Hall–Kier alpha value is -0.610. The molecular formula is C15H27NO3. The van der Waals surface area contributed by atoms with Gasteiger partial charge in [-0.15, -0.1) is 0 Å². The first-order valence-electron chi connectivity index (χ1n) is 7.59. The number of carboxylic acids is 1. The number of carbonyl (C=O) groups is 1. The smallest absolute Gasteiger partial charge is 0.313 e. The Kier molecular flexibility index (Phi) is 4.85. The summed E-state index contributed by atoms with van der Waals surface area (Å²) in [6.45, 7) is 7.04. The lowest BCUT2D eigenvalue weighted by molar-refractivity contribution is -0.150. The second-order valence-corrected chi connectivity index (χ2v) is 6.65. The molecule has 0 aromatic carbocycles. The molecule has 2 aliphatic rings. The summed E-state index contributed by atoms with van der Waals surface area (Å²) in [6.07, 6.45) is 5.68. The van der Waals surface area contributed by atoms with E-state index < -0.39 is 11.4 Å². The van der Waals surface area contributed by atoms with Gasteiger partial charge in [-0.3, -0.25) is 9.69 Å². The first kappa shape index (κ1) is 14.8. The second kappa shape index (κ2) is 6.23. The fraction of sp³-hybridized carbons (Fsp3) is 0.933.